The third-order valence-electron chi connectivity index (χ3n) is 3.94. The van der Waals surface area contributed by atoms with Crippen LogP contribution in [0.25, 0.3) is 0 Å². The first-order chi connectivity index (χ1) is 9.58. The molecule has 0 amide bonds. The van der Waals surface area contributed by atoms with Crippen LogP contribution in [0.3, 0.4) is 0 Å². The first kappa shape index (κ1) is 15.7. The van der Waals surface area contributed by atoms with Gasteiger partial charge in [-0.25, -0.2) is 4.39 Å². The van der Waals surface area contributed by atoms with Crippen LogP contribution in [0.15, 0.2) is 16.6 Å². The minimum atomic E-state index is -0.718. The molecule has 0 spiro atoms. The van der Waals surface area contributed by atoms with Crippen LogP contribution in [0.2, 0.25) is 0 Å². The zero-order valence-electron chi connectivity index (χ0n) is 11.5. The highest BCUT2D eigenvalue weighted by Crippen LogP contribution is 2.27. The molecule has 4 N–H and O–H groups in total. The third-order valence-corrected chi connectivity index (χ3v) is 4.60. The molecule has 1 aliphatic rings. The molecule has 1 saturated carbocycles. The maximum absolute atomic E-state index is 13.6. The highest BCUT2D eigenvalue weighted by atomic mass is 79.9. The Bertz CT molecular complexity index is 424. The average molecular weight is 345 g/mol. The Morgan fingerprint density at radius 2 is 1.95 bits per heavy atom. The van der Waals surface area contributed by atoms with Crippen molar-refractivity contribution in [2.24, 2.45) is 0 Å². The summed E-state index contributed by atoms with van der Waals surface area (Å²) in [6.07, 6.45) is 6.70. The van der Waals surface area contributed by atoms with Gasteiger partial charge in [0.05, 0.1) is 11.8 Å². The summed E-state index contributed by atoms with van der Waals surface area (Å²) in [4.78, 5) is 0. The van der Waals surface area contributed by atoms with E-state index in [4.69, 9.17) is 5.73 Å². The second-order valence-electron chi connectivity index (χ2n) is 5.51. The van der Waals surface area contributed by atoms with Crippen molar-refractivity contribution in [2.75, 3.05) is 12.3 Å². The van der Waals surface area contributed by atoms with Crippen LogP contribution in [0, 0.1) is 5.82 Å². The molecule has 0 heterocycles. The van der Waals surface area contributed by atoms with Crippen molar-refractivity contribution in [1.29, 1.82) is 0 Å². The molecule has 0 bridgehead atoms. The van der Waals surface area contributed by atoms with Crippen LogP contribution in [-0.2, 0) is 0 Å². The molecular weight excluding hydrogens is 323 g/mol. The van der Waals surface area contributed by atoms with Gasteiger partial charge in [-0.3, -0.25) is 0 Å². The highest BCUT2D eigenvalue weighted by Gasteiger charge is 2.16. The summed E-state index contributed by atoms with van der Waals surface area (Å²) >= 11 is 3.21. The first-order valence-electron chi connectivity index (χ1n) is 7.24. The average Bonchev–Trinajstić information content (AvgIpc) is 2.70. The summed E-state index contributed by atoms with van der Waals surface area (Å²) in [7, 11) is 0. The van der Waals surface area contributed by atoms with Gasteiger partial charge in [-0.05, 0) is 46.5 Å². The van der Waals surface area contributed by atoms with Gasteiger partial charge in [-0.1, -0.05) is 25.7 Å². The Morgan fingerprint density at radius 3 is 2.55 bits per heavy atom. The molecule has 1 aromatic carbocycles. The Balaban J connectivity index is 1.92. The zero-order valence-corrected chi connectivity index (χ0v) is 13.1. The Labute approximate surface area is 127 Å². The zero-order chi connectivity index (χ0) is 14.5. The predicted molar refractivity (Wildman–Crippen MR) is 83.0 cm³/mol. The number of aliphatic hydroxyl groups excluding tert-OH is 1. The number of rotatable bonds is 4. The van der Waals surface area contributed by atoms with Crippen molar-refractivity contribution in [3.05, 3.63) is 28.0 Å². The van der Waals surface area contributed by atoms with Crippen LogP contribution in [0.5, 0.6) is 0 Å². The van der Waals surface area contributed by atoms with Gasteiger partial charge in [0.25, 0.3) is 0 Å². The lowest BCUT2D eigenvalue weighted by atomic mass is 10.1. The highest BCUT2D eigenvalue weighted by molar-refractivity contribution is 9.10. The van der Waals surface area contributed by atoms with Gasteiger partial charge in [0.1, 0.15) is 5.82 Å². The Hall–Kier alpha value is -0.650. The fraction of sp³-hybridized carbons (Fsp3) is 0.600. The molecule has 112 valence electrons. The van der Waals surface area contributed by atoms with E-state index in [2.05, 4.69) is 21.2 Å². The van der Waals surface area contributed by atoms with Crippen molar-refractivity contribution in [2.45, 2.75) is 50.7 Å². The van der Waals surface area contributed by atoms with Gasteiger partial charge in [0.15, 0.2) is 0 Å². The molecule has 0 saturated heterocycles. The monoisotopic (exact) mass is 344 g/mol. The molecule has 3 nitrogen and oxygen atoms in total. The van der Waals surface area contributed by atoms with Gasteiger partial charge in [-0.2, -0.15) is 0 Å². The Kier molecular flexibility index (Phi) is 5.81. The number of anilines is 1. The van der Waals surface area contributed by atoms with E-state index < -0.39 is 11.9 Å². The number of aliphatic hydroxyl groups is 1. The number of nitrogen functional groups attached to an aromatic ring is 1. The number of halogens is 2. The fourth-order valence-electron chi connectivity index (χ4n) is 2.68. The lowest BCUT2D eigenvalue weighted by Crippen LogP contribution is -2.32. The maximum Gasteiger partial charge on any atom is 0.147 e. The molecule has 5 heteroatoms. The molecule has 1 aliphatic carbocycles. The van der Waals surface area contributed by atoms with Gasteiger partial charge < -0.3 is 16.2 Å². The number of nitrogens with one attached hydrogen (secondary N) is 1. The third kappa shape index (κ3) is 4.17. The number of hydrogen-bond donors (Lipinski definition) is 3. The Morgan fingerprint density at radius 1 is 1.30 bits per heavy atom. The van der Waals surface area contributed by atoms with Crippen LogP contribution >= 0.6 is 15.9 Å². The van der Waals surface area contributed by atoms with E-state index in [1.54, 1.807) is 6.07 Å². The van der Waals surface area contributed by atoms with Crippen LogP contribution in [0.1, 0.15) is 50.2 Å². The fourth-order valence-corrected chi connectivity index (χ4v) is 3.13. The van der Waals surface area contributed by atoms with Crippen molar-refractivity contribution in [3.63, 3.8) is 0 Å². The molecular formula is C15H22BrFN2O. The lowest BCUT2D eigenvalue weighted by Gasteiger charge is -2.19. The topological polar surface area (TPSA) is 58.3 Å². The van der Waals surface area contributed by atoms with Crippen LogP contribution in [-0.4, -0.2) is 17.7 Å². The maximum atomic E-state index is 13.6. The van der Waals surface area contributed by atoms with E-state index >= 15 is 0 Å². The number of hydrogen-bond acceptors (Lipinski definition) is 3. The molecule has 1 aromatic rings. The van der Waals surface area contributed by atoms with Crippen molar-refractivity contribution in [1.82, 2.24) is 5.32 Å². The molecule has 0 aliphatic heterocycles. The van der Waals surface area contributed by atoms with E-state index in [0.717, 1.165) is 12.8 Å². The second-order valence-corrected chi connectivity index (χ2v) is 6.37. The standard InChI is InChI=1S/C15H22BrFN2O/c16-12-7-10(8-13(17)15(12)18)14(20)9-19-11-5-3-1-2-4-6-11/h7-8,11,14,19-20H,1-6,9,18H2. The molecule has 0 radical (unpaired) electrons. The smallest absolute Gasteiger partial charge is 0.147 e. The molecule has 20 heavy (non-hydrogen) atoms. The van der Waals surface area contributed by atoms with E-state index in [1.165, 1.54) is 31.7 Å². The largest absolute Gasteiger partial charge is 0.395 e. The van der Waals surface area contributed by atoms with Gasteiger partial charge in [0, 0.05) is 17.1 Å². The molecule has 1 fully saturated rings. The SMILES string of the molecule is Nc1c(F)cc(C(O)CNC2CCCCCC2)cc1Br. The summed E-state index contributed by atoms with van der Waals surface area (Å²) < 4.78 is 14.0. The normalized spacial score (nSPS) is 18.8. The molecule has 1 atom stereocenters. The molecule has 1 unspecified atom stereocenters. The first-order valence-corrected chi connectivity index (χ1v) is 8.03. The van der Waals surface area contributed by atoms with Crippen LogP contribution < -0.4 is 11.1 Å². The van der Waals surface area contributed by atoms with E-state index in [0.29, 0.717) is 22.6 Å². The van der Waals surface area contributed by atoms with Gasteiger partial charge in [0.2, 0.25) is 0 Å². The summed E-state index contributed by atoms with van der Waals surface area (Å²) in [5.74, 6) is -0.497. The van der Waals surface area contributed by atoms with Gasteiger partial charge >= 0.3 is 0 Å². The second kappa shape index (κ2) is 7.38. The summed E-state index contributed by atoms with van der Waals surface area (Å²) in [5, 5.41) is 13.6. The number of benzene rings is 1. The minimum Gasteiger partial charge on any atom is -0.395 e. The predicted octanol–water partition coefficient (Wildman–Crippen LogP) is 3.52. The summed E-state index contributed by atoms with van der Waals surface area (Å²) in [5.41, 5.74) is 6.17. The number of nitrogens with two attached hydrogens (primary N) is 1. The quantitative estimate of drug-likeness (QED) is 0.578. The minimum absolute atomic E-state index is 0.0812. The summed E-state index contributed by atoms with van der Waals surface area (Å²) in [6.45, 7) is 0.445. The van der Waals surface area contributed by atoms with Crippen LogP contribution in [0.4, 0.5) is 10.1 Å². The van der Waals surface area contributed by atoms with Crippen molar-refractivity contribution in [3.8, 4) is 0 Å². The molecule has 2 rings (SSSR count). The molecule has 0 aromatic heterocycles. The lowest BCUT2D eigenvalue weighted by molar-refractivity contribution is 0.167. The van der Waals surface area contributed by atoms with E-state index in [-0.39, 0.29) is 5.69 Å². The van der Waals surface area contributed by atoms with E-state index in [1.807, 2.05) is 0 Å². The van der Waals surface area contributed by atoms with Gasteiger partial charge in [-0.15, -0.1) is 0 Å². The van der Waals surface area contributed by atoms with Crippen molar-refractivity contribution >= 4 is 21.6 Å². The van der Waals surface area contributed by atoms with Crippen molar-refractivity contribution < 1.29 is 9.50 Å². The summed E-state index contributed by atoms with van der Waals surface area (Å²) in [6, 6.07) is 3.45. The van der Waals surface area contributed by atoms with E-state index in [9.17, 15) is 9.50 Å².